The number of carbonyl (C=O) groups is 1. The van der Waals surface area contributed by atoms with Crippen molar-refractivity contribution in [2.45, 2.75) is 53.4 Å². The molecule has 194 valence electrons. The van der Waals surface area contributed by atoms with Crippen LogP contribution in [0.3, 0.4) is 0 Å². The number of rotatable bonds is 3. The van der Waals surface area contributed by atoms with Crippen LogP contribution in [-0.4, -0.2) is 16.7 Å². The summed E-state index contributed by atoms with van der Waals surface area (Å²) in [7, 11) is 0. The molecular formula is C33H33ClN2O2. The van der Waals surface area contributed by atoms with Crippen LogP contribution >= 0.6 is 11.6 Å². The summed E-state index contributed by atoms with van der Waals surface area (Å²) in [6, 6.07) is 21.3. The Balaban J connectivity index is 1.85. The largest absolute Gasteiger partial charge is 0.507 e. The fraction of sp³-hybridized carbons (Fsp3) is 0.273. The van der Waals surface area contributed by atoms with Gasteiger partial charge in [-0.25, -0.2) is 0 Å². The minimum atomic E-state index is -0.555. The van der Waals surface area contributed by atoms with Crippen LogP contribution in [0.2, 0.25) is 5.02 Å². The van der Waals surface area contributed by atoms with E-state index in [9.17, 15) is 15.3 Å². The summed E-state index contributed by atoms with van der Waals surface area (Å²) >= 11 is 6.55. The third kappa shape index (κ3) is 4.58. The van der Waals surface area contributed by atoms with E-state index in [-0.39, 0.29) is 22.8 Å². The first-order valence-electron chi connectivity index (χ1n) is 12.9. The molecule has 0 saturated heterocycles. The van der Waals surface area contributed by atoms with E-state index in [1.807, 2.05) is 92.4 Å². The number of Topliss-reactive ketones (excluding diaryl/α,β-unsaturated/α-hetero) is 1. The second kappa shape index (κ2) is 9.59. The molecule has 4 nitrogen and oxygen atoms in total. The molecule has 0 spiro atoms. The van der Waals surface area contributed by atoms with Crippen molar-refractivity contribution in [3.8, 4) is 0 Å². The number of hydrogen-bond acceptors (Lipinski definition) is 3. The minimum absolute atomic E-state index is 0.00738. The molecule has 0 unspecified atom stereocenters. The van der Waals surface area contributed by atoms with E-state index < -0.39 is 5.92 Å². The first kappa shape index (κ1) is 26.0. The van der Waals surface area contributed by atoms with Gasteiger partial charge >= 0.3 is 0 Å². The van der Waals surface area contributed by atoms with Crippen molar-refractivity contribution in [2.24, 2.45) is 5.41 Å². The van der Waals surface area contributed by atoms with E-state index in [2.05, 4.69) is 13.8 Å². The van der Waals surface area contributed by atoms with Crippen molar-refractivity contribution in [1.82, 2.24) is 0 Å². The SMILES string of the molecule is Cc1ccc(C(O)=C2C(=N)N(c3ccc(C)c(Cl)c3)C3=C(C(=O)CC(C)(C)C3)[C@H]2c2ccc(C)cc2)cc1. The molecule has 5 heteroatoms. The zero-order valence-corrected chi connectivity index (χ0v) is 23.3. The summed E-state index contributed by atoms with van der Waals surface area (Å²) in [6.45, 7) is 10.1. The van der Waals surface area contributed by atoms with Gasteiger partial charge in [0.25, 0.3) is 0 Å². The average Bonchev–Trinajstić information content (AvgIpc) is 2.85. The number of nitrogens with zero attached hydrogens (tertiary/aromatic N) is 1. The van der Waals surface area contributed by atoms with Gasteiger partial charge in [0, 0.05) is 45.5 Å². The zero-order chi connectivity index (χ0) is 27.4. The molecule has 2 aliphatic rings. The molecule has 1 aliphatic carbocycles. The summed E-state index contributed by atoms with van der Waals surface area (Å²) in [5, 5.41) is 21.9. The molecule has 5 rings (SSSR count). The zero-order valence-electron chi connectivity index (χ0n) is 22.5. The maximum atomic E-state index is 14.0. The quantitative estimate of drug-likeness (QED) is 0.338. The molecule has 38 heavy (non-hydrogen) atoms. The Labute approximate surface area is 229 Å². The lowest BCUT2D eigenvalue weighted by Gasteiger charge is -2.45. The van der Waals surface area contributed by atoms with Crippen LogP contribution in [0.15, 0.2) is 83.6 Å². The van der Waals surface area contributed by atoms with Crippen LogP contribution in [-0.2, 0) is 4.79 Å². The smallest absolute Gasteiger partial charge is 0.162 e. The molecule has 1 heterocycles. The van der Waals surface area contributed by atoms with Gasteiger partial charge in [-0.05, 0) is 55.9 Å². The summed E-state index contributed by atoms with van der Waals surface area (Å²) in [4.78, 5) is 15.8. The van der Waals surface area contributed by atoms with Crippen LogP contribution in [0.1, 0.15) is 60.4 Å². The number of amidine groups is 1. The van der Waals surface area contributed by atoms with E-state index in [1.165, 1.54) is 0 Å². The fourth-order valence-electron chi connectivity index (χ4n) is 5.58. The van der Waals surface area contributed by atoms with Crippen molar-refractivity contribution in [3.05, 3.63) is 116 Å². The van der Waals surface area contributed by atoms with Crippen LogP contribution in [0.5, 0.6) is 0 Å². The molecule has 0 aromatic heterocycles. The predicted molar refractivity (Wildman–Crippen MR) is 156 cm³/mol. The standard InChI is InChI=1S/C33H33ClN2O2/c1-19-6-11-22(12-7-19)28-29-26(17-33(4,5)18-27(29)37)36(24-15-10-21(3)25(34)16-24)32(35)30(28)31(38)23-13-8-20(2)9-14-23/h6-16,28,35,38H,17-18H2,1-5H3/t28-/m1/s1. The first-order valence-corrected chi connectivity index (χ1v) is 13.3. The second-order valence-corrected chi connectivity index (χ2v) is 11.8. The van der Waals surface area contributed by atoms with E-state index in [4.69, 9.17) is 11.6 Å². The average molecular weight is 525 g/mol. The monoisotopic (exact) mass is 524 g/mol. The van der Waals surface area contributed by atoms with Crippen molar-refractivity contribution >= 4 is 34.7 Å². The molecule has 1 aliphatic heterocycles. The predicted octanol–water partition coefficient (Wildman–Crippen LogP) is 8.46. The van der Waals surface area contributed by atoms with E-state index in [1.54, 1.807) is 0 Å². The van der Waals surface area contributed by atoms with Crippen LogP contribution in [0, 0.1) is 31.6 Å². The topological polar surface area (TPSA) is 64.4 Å². The van der Waals surface area contributed by atoms with Gasteiger partial charge in [-0.15, -0.1) is 0 Å². The van der Waals surface area contributed by atoms with E-state index in [0.717, 1.165) is 28.0 Å². The van der Waals surface area contributed by atoms with E-state index in [0.29, 0.717) is 40.3 Å². The first-order chi connectivity index (χ1) is 18.0. The van der Waals surface area contributed by atoms with Crippen molar-refractivity contribution in [1.29, 1.82) is 5.41 Å². The van der Waals surface area contributed by atoms with Crippen LogP contribution in [0.25, 0.3) is 5.76 Å². The van der Waals surface area contributed by atoms with Gasteiger partial charge in [0.15, 0.2) is 5.78 Å². The van der Waals surface area contributed by atoms with Crippen molar-refractivity contribution in [3.63, 3.8) is 0 Å². The number of anilines is 1. The van der Waals surface area contributed by atoms with Gasteiger partial charge in [-0.1, -0.05) is 91.2 Å². The number of allylic oxidation sites excluding steroid dienone is 2. The number of benzene rings is 3. The molecule has 1 atom stereocenters. The highest BCUT2D eigenvalue weighted by Gasteiger charge is 2.46. The number of halogens is 1. The number of nitrogens with one attached hydrogen (secondary N) is 1. The molecule has 3 aromatic rings. The van der Waals surface area contributed by atoms with Crippen molar-refractivity contribution < 1.29 is 9.90 Å². The van der Waals surface area contributed by atoms with Gasteiger partial charge in [-0.2, -0.15) is 0 Å². The fourth-order valence-corrected chi connectivity index (χ4v) is 5.75. The number of carbonyl (C=O) groups excluding carboxylic acids is 1. The highest BCUT2D eigenvalue weighted by molar-refractivity contribution is 6.32. The Hall–Kier alpha value is -3.63. The second-order valence-electron chi connectivity index (χ2n) is 11.4. The van der Waals surface area contributed by atoms with Gasteiger partial charge in [0.2, 0.25) is 0 Å². The Bertz CT molecular complexity index is 1510. The summed E-state index contributed by atoms with van der Waals surface area (Å²) < 4.78 is 0. The number of hydrogen-bond donors (Lipinski definition) is 2. The van der Waals surface area contributed by atoms with Gasteiger partial charge < -0.3 is 5.11 Å². The number of aryl methyl sites for hydroxylation is 3. The lowest BCUT2D eigenvalue weighted by molar-refractivity contribution is -0.118. The number of aliphatic hydroxyl groups is 1. The highest BCUT2D eigenvalue weighted by atomic mass is 35.5. The summed E-state index contributed by atoms with van der Waals surface area (Å²) in [6.07, 6.45) is 1.03. The molecule has 2 N–H and O–H groups in total. The molecule has 3 aromatic carbocycles. The van der Waals surface area contributed by atoms with Gasteiger partial charge in [-0.3, -0.25) is 15.1 Å². The van der Waals surface area contributed by atoms with Gasteiger partial charge in [0.05, 0.1) is 0 Å². The van der Waals surface area contributed by atoms with Crippen LogP contribution in [0.4, 0.5) is 5.69 Å². The highest BCUT2D eigenvalue weighted by Crippen LogP contribution is 2.51. The Morgan fingerprint density at radius 3 is 2.16 bits per heavy atom. The van der Waals surface area contributed by atoms with Gasteiger partial charge in [0.1, 0.15) is 11.6 Å². The van der Waals surface area contributed by atoms with E-state index >= 15 is 0 Å². The Kier molecular flexibility index (Phi) is 6.56. The maximum Gasteiger partial charge on any atom is 0.162 e. The summed E-state index contributed by atoms with van der Waals surface area (Å²) in [5.74, 6) is -0.349. The summed E-state index contributed by atoms with van der Waals surface area (Å²) in [5.41, 5.74) is 6.93. The molecule has 0 fully saturated rings. The third-order valence-electron chi connectivity index (χ3n) is 7.63. The van der Waals surface area contributed by atoms with Crippen molar-refractivity contribution in [2.75, 3.05) is 4.90 Å². The molecule has 0 bridgehead atoms. The molecule has 0 saturated carbocycles. The lowest BCUT2D eigenvalue weighted by atomic mass is 9.67. The molecule has 0 amide bonds. The normalized spacial score (nSPS) is 20.5. The number of aliphatic hydroxyl groups excluding tert-OH is 1. The Morgan fingerprint density at radius 2 is 1.55 bits per heavy atom. The third-order valence-corrected chi connectivity index (χ3v) is 8.03. The maximum absolute atomic E-state index is 14.0. The number of ketones is 1. The lowest BCUT2D eigenvalue weighted by Crippen LogP contribution is -2.45. The van der Waals surface area contributed by atoms with Crippen LogP contribution < -0.4 is 4.90 Å². The minimum Gasteiger partial charge on any atom is -0.507 e. The molecular weight excluding hydrogens is 492 g/mol. The molecule has 0 radical (unpaired) electrons. The Morgan fingerprint density at radius 1 is 0.947 bits per heavy atom.